The van der Waals surface area contributed by atoms with Crippen molar-refractivity contribution < 1.29 is 4.74 Å². The Morgan fingerprint density at radius 3 is 2.78 bits per heavy atom. The minimum atomic E-state index is 0.460. The van der Waals surface area contributed by atoms with E-state index in [-0.39, 0.29) is 0 Å². The van der Waals surface area contributed by atoms with Gasteiger partial charge in [-0.15, -0.1) is 0 Å². The second kappa shape index (κ2) is 5.21. The maximum absolute atomic E-state index is 5.92. The van der Waals surface area contributed by atoms with Gasteiger partial charge in [0.05, 0.1) is 30.0 Å². The number of fused-ring (bicyclic) bond motifs is 2. The second-order valence-corrected chi connectivity index (χ2v) is 5.70. The van der Waals surface area contributed by atoms with E-state index in [1.165, 1.54) is 0 Å². The number of ether oxygens (including phenoxy) is 1. The molecule has 0 saturated carbocycles. The lowest BCUT2D eigenvalue weighted by Crippen LogP contribution is -1.91. The van der Waals surface area contributed by atoms with Gasteiger partial charge in [-0.2, -0.15) is 5.10 Å². The van der Waals surface area contributed by atoms with E-state index in [2.05, 4.69) is 15.1 Å². The zero-order chi connectivity index (χ0) is 16.0. The summed E-state index contributed by atoms with van der Waals surface area (Å²) in [5.74, 6) is 0.741. The molecule has 0 amide bonds. The molecule has 0 N–H and O–H groups in total. The summed E-state index contributed by atoms with van der Waals surface area (Å²) in [7, 11) is 3.55. The highest BCUT2D eigenvalue weighted by Gasteiger charge is 2.12. The Hall–Kier alpha value is -2.66. The number of nitrogens with zero attached hydrogens (tertiary/aromatic N) is 4. The molecule has 0 fully saturated rings. The molecule has 1 aromatic carbocycles. The topological polar surface area (TPSA) is 52.8 Å². The Morgan fingerprint density at radius 2 is 1.96 bits per heavy atom. The highest BCUT2D eigenvalue weighted by atomic mass is 35.5. The molecular formula is C17H13ClN4O. The van der Waals surface area contributed by atoms with Crippen LogP contribution in [-0.2, 0) is 7.05 Å². The molecule has 0 aliphatic carbocycles. The third-order valence-electron chi connectivity index (χ3n) is 3.76. The van der Waals surface area contributed by atoms with Gasteiger partial charge in [0, 0.05) is 35.6 Å². The summed E-state index contributed by atoms with van der Waals surface area (Å²) in [6.07, 6.45) is 3.70. The summed E-state index contributed by atoms with van der Waals surface area (Å²) >= 11 is 5.92. The van der Waals surface area contributed by atoms with E-state index in [0.717, 1.165) is 38.8 Å². The molecule has 0 aliphatic rings. The maximum atomic E-state index is 5.92. The fourth-order valence-electron chi connectivity index (χ4n) is 2.69. The van der Waals surface area contributed by atoms with Crippen molar-refractivity contribution in [2.45, 2.75) is 0 Å². The molecule has 5 nitrogen and oxygen atoms in total. The van der Waals surface area contributed by atoms with Crippen LogP contribution in [-0.4, -0.2) is 26.9 Å². The monoisotopic (exact) mass is 324 g/mol. The summed E-state index contributed by atoms with van der Waals surface area (Å²) in [6.45, 7) is 0. The van der Waals surface area contributed by atoms with Crippen LogP contribution in [0.4, 0.5) is 0 Å². The van der Waals surface area contributed by atoms with Gasteiger partial charge in [-0.1, -0.05) is 11.6 Å². The van der Waals surface area contributed by atoms with Gasteiger partial charge in [-0.3, -0.25) is 9.67 Å². The number of halogens is 1. The largest absolute Gasteiger partial charge is 0.496 e. The van der Waals surface area contributed by atoms with Crippen molar-refractivity contribution in [3.05, 3.63) is 47.9 Å². The van der Waals surface area contributed by atoms with Crippen molar-refractivity contribution >= 4 is 33.4 Å². The van der Waals surface area contributed by atoms with E-state index in [0.29, 0.717) is 5.15 Å². The molecular weight excluding hydrogens is 312 g/mol. The maximum Gasteiger partial charge on any atom is 0.130 e. The van der Waals surface area contributed by atoms with Crippen LogP contribution >= 0.6 is 11.6 Å². The van der Waals surface area contributed by atoms with E-state index in [4.69, 9.17) is 16.3 Å². The van der Waals surface area contributed by atoms with Crippen LogP contribution in [0.5, 0.6) is 5.75 Å². The van der Waals surface area contributed by atoms with Crippen molar-refractivity contribution in [3.8, 4) is 17.0 Å². The Bertz CT molecular complexity index is 1040. The Morgan fingerprint density at radius 1 is 1.09 bits per heavy atom. The van der Waals surface area contributed by atoms with E-state index in [1.807, 2.05) is 37.5 Å². The van der Waals surface area contributed by atoms with Gasteiger partial charge >= 0.3 is 0 Å². The smallest absolute Gasteiger partial charge is 0.130 e. The predicted octanol–water partition coefficient (Wildman–Crippen LogP) is 3.85. The summed E-state index contributed by atoms with van der Waals surface area (Å²) < 4.78 is 7.31. The molecule has 3 heterocycles. The van der Waals surface area contributed by atoms with Gasteiger partial charge in [0.25, 0.3) is 0 Å². The average molecular weight is 325 g/mol. The molecule has 6 heteroatoms. The Kier molecular flexibility index (Phi) is 3.16. The van der Waals surface area contributed by atoms with Crippen LogP contribution in [0.1, 0.15) is 0 Å². The second-order valence-electron chi connectivity index (χ2n) is 5.31. The fraction of sp³-hybridized carbons (Fsp3) is 0.118. The van der Waals surface area contributed by atoms with E-state index >= 15 is 0 Å². The number of methoxy groups -OCH3 is 1. The number of rotatable bonds is 2. The Balaban J connectivity index is 1.94. The Labute approximate surface area is 137 Å². The van der Waals surface area contributed by atoms with Crippen LogP contribution in [0.2, 0.25) is 5.15 Å². The highest BCUT2D eigenvalue weighted by molar-refractivity contribution is 6.29. The quantitative estimate of drug-likeness (QED) is 0.526. The van der Waals surface area contributed by atoms with Crippen LogP contribution in [0.25, 0.3) is 33.1 Å². The van der Waals surface area contributed by atoms with Gasteiger partial charge in [-0.05, 0) is 24.3 Å². The molecule has 23 heavy (non-hydrogen) atoms. The molecule has 0 unspecified atom stereocenters. The molecule has 4 rings (SSSR count). The van der Waals surface area contributed by atoms with Crippen LogP contribution in [0.3, 0.4) is 0 Å². The van der Waals surface area contributed by atoms with Gasteiger partial charge in [-0.25, -0.2) is 4.98 Å². The molecule has 0 bridgehead atoms. The zero-order valence-corrected chi connectivity index (χ0v) is 13.4. The standard InChI is InChI=1S/C17H13ClN4O/c1-22-9-11-5-12(16(23-2)7-13(11)21-22)14-6-10-3-4-17(18)20-15(10)8-19-14/h3-9H,1-2H3. The SMILES string of the molecule is COc1cc2nn(C)cc2cc1-c1cc2ccc(Cl)nc2cn1. The summed E-state index contributed by atoms with van der Waals surface area (Å²) in [4.78, 5) is 8.78. The van der Waals surface area contributed by atoms with Gasteiger partial charge in [0.15, 0.2) is 0 Å². The summed E-state index contributed by atoms with van der Waals surface area (Å²) in [5, 5.41) is 6.89. The summed E-state index contributed by atoms with van der Waals surface area (Å²) in [5.41, 5.74) is 3.40. The van der Waals surface area contributed by atoms with Crippen LogP contribution < -0.4 is 4.74 Å². The lowest BCUT2D eigenvalue weighted by molar-refractivity contribution is 0.417. The molecule has 0 atom stereocenters. The number of pyridine rings is 2. The first kappa shape index (κ1) is 14.0. The molecule has 0 radical (unpaired) electrons. The van der Waals surface area contributed by atoms with Crippen molar-refractivity contribution in [2.75, 3.05) is 7.11 Å². The minimum absolute atomic E-state index is 0.460. The third kappa shape index (κ3) is 2.39. The summed E-state index contributed by atoms with van der Waals surface area (Å²) in [6, 6.07) is 9.66. The third-order valence-corrected chi connectivity index (χ3v) is 3.97. The lowest BCUT2D eigenvalue weighted by Gasteiger charge is -2.09. The van der Waals surface area contributed by atoms with Gasteiger partial charge in [0.1, 0.15) is 10.9 Å². The first-order valence-corrected chi connectivity index (χ1v) is 7.46. The highest BCUT2D eigenvalue weighted by Crippen LogP contribution is 2.33. The van der Waals surface area contributed by atoms with Crippen molar-refractivity contribution in [1.82, 2.24) is 19.7 Å². The van der Waals surface area contributed by atoms with Gasteiger partial charge < -0.3 is 4.74 Å². The first-order chi connectivity index (χ1) is 11.1. The fourth-order valence-corrected chi connectivity index (χ4v) is 2.85. The molecule has 0 aliphatic heterocycles. The minimum Gasteiger partial charge on any atom is -0.496 e. The van der Waals surface area contributed by atoms with E-state index in [9.17, 15) is 0 Å². The van der Waals surface area contributed by atoms with Crippen LogP contribution in [0.15, 0.2) is 42.7 Å². The van der Waals surface area contributed by atoms with Crippen molar-refractivity contribution in [3.63, 3.8) is 0 Å². The molecule has 4 aromatic rings. The number of hydrogen-bond donors (Lipinski definition) is 0. The molecule has 3 aromatic heterocycles. The lowest BCUT2D eigenvalue weighted by atomic mass is 10.1. The molecule has 0 spiro atoms. The average Bonchev–Trinajstić information content (AvgIpc) is 2.92. The normalized spacial score (nSPS) is 11.3. The van der Waals surface area contributed by atoms with Crippen LogP contribution in [0, 0.1) is 0 Å². The number of aromatic nitrogens is 4. The first-order valence-electron chi connectivity index (χ1n) is 7.08. The molecule has 114 valence electrons. The van der Waals surface area contributed by atoms with Gasteiger partial charge in [0.2, 0.25) is 0 Å². The number of hydrogen-bond acceptors (Lipinski definition) is 4. The van der Waals surface area contributed by atoms with E-state index < -0.39 is 0 Å². The predicted molar refractivity (Wildman–Crippen MR) is 90.8 cm³/mol. The van der Waals surface area contributed by atoms with Crippen molar-refractivity contribution in [2.24, 2.45) is 7.05 Å². The number of benzene rings is 1. The number of aryl methyl sites for hydroxylation is 1. The van der Waals surface area contributed by atoms with E-state index in [1.54, 1.807) is 24.1 Å². The zero-order valence-electron chi connectivity index (χ0n) is 12.6. The molecule has 0 saturated heterocycles. The van der Waals surface area contributed by atoms with Crippen molar-refractivity contribution in [1.29, 1.82) is 0 Å².